The van der Waals surface area contributed by atoms with Gasteiger partial charge in [0.15, 0.2) is 0 Å². The van der Waals surface area contributed by atoms with E-state index in [2.05, 4.69) is 5.32 Å². The number of nitro groups is 1. The van der Waals surface area contributed by atoms with Crippen LogP contribution in [0.5, 0.6) is 0 Å². The van der Waals surface area contributed by atoms with Crippen molar-refractivity contribution in [3.8, 4) is 0 Å². The van der Waals surface area contributed by atoms with Gasteiger partial charge in [-0.2, -0.15) is 0 Å². The van der Waals surface area contributed by atoms with Gasteiger partial charge in [-0.1, -0.05) is 0 Å². The lowest BCUT2D eigenvalue weighted by Gasteiger charge is -2.06. The van der Waals surface area contributed by atoms with Crippen LogP contribution >= 0.6 is 0 Å². The van der Waals surface area contributed by atoms with E-state index in [1.54, 1.807) is 19.2 Å². The molecular formula is C13H20N2O4. The third-order valence-electron chi connectivity index (χ3n) is 2.55. The van der Waals surface area contributed by atoms with Gasteiger partial charge in [-0.15, -0.1) is 0 Å². The van der Waals surface area contributed by atoms with Crippen LogP contribution in [0.3, 0.4) is 0 Å². The van der Waals surface area contributed by atoms with Crippen molar-refractivity contribution in [3.05, 3.63) is 34.4 Å². The lowest BCUT2D eigenvalue weighted by atomic mass is 10.2. The zero-order valence-electron chi connectivity index (χ0n) is 11.1. The molecule has 1 N–H and O–H groups in total. The van der Waals surface area contributed by atoms with Gasteiger partial charge in [0.1, 0.15) is 0 Å². The predicted molar refractivity (Wildman–Crippen MR) is 73.5 cm³/mol. The van der Waals surface area contributed by atoms with Gasteiger partial charge in [-0.05, 0) is 25.0 Å². The van der Waals surface area contributed by atoms with Crippen LogP contribution in [0, 0.1) is 10.1 Å². The molecular weight excluding hydrogens is 248 g/mol. The Hall–Kier alpha value is -1.66. The minimum Gasteiger partial charge on any atom is -0.385 e. The minimum atomic E-state index is -0.402. The van der Waals surface area contributed by atoms with Crippen molar-refractivity contribution in [3.63, 3.8) is 0 Å². The highest BCUT2D eigenvalue weighted by molar-refractivity contribution is 5.48. The van der Waals surface area contributed by atoms with Crippen molar-refractivity contribution >= 4 is 11.4 Å². The third kappa shape index (κ3) is 6.73. The fourth-order valence-electron chi connectivity index (χ4n) is 1.51. The highest BCUT2D eigenvalue weighted by Gasteiger charge is 2.02. The summed E-state index contributed by atoms with van der Waals surface area (Å²) in [5.74, 6) is 0. The zero-order valence-corrected chi connectivity index (χ0v) is 11.1. The summed E-state index contributed by atoms with van der Waals surface area (Å²) in [5, 5.41) is 13.7. The predicted octanol–water partition coefficient (Wildman–Crippen LogP) is 2.45. The second-order valence-electron chi connectivity index (χ2n) is 4.04. The molecule has 0 heterocycles. The van der Waals surface area contributed by atoms with E-state index in [4.69, 9.17) is 9.47 Å². The smallest absolute Gasteiger partial charge is 0.269 e. The highest BCUT2D eigenvalue weighted by Crippen LogP contribution is 2.15. The molecule has 0 saturated heterocycles. The number of methoxy groups -OCH3 is 1. The van der Waals surface area contributed by atoms with Crippen LogP contribution < -0.4 is 5.32 Å². The van der Waals surface area contributed by atoms with Crippen LogP contribution in [0.1, 0.15) is 12.8 Å². The molecule has 0 atom stereocenters. The average molecular weight is 268 g/mol. The Kier molecular flexibility index (Phi) is 7.53. The van der Waals surface area contributed by atoms with Gasteiger partial charge < -0.3 is 14.8 Å². The number of nitrogens with zero attached hydrogens (tertiary/aromatic N) is 1. The molecule has 0 saturated carbocycles. The van der Waals surface area contributed by atoms with Gasteiger partial charge in [0.05, 0.1) is 18.1 Å². The number of non-ortho nitro benzene ring substituents is 1. The topological polar surface area (TPSA) is 73.6 Å². The Morgan fingerprint density at radius 2 is 1.89 bits per heavy atom. The molecule has 0 unspecified atom stereocenters. The fourth-order valence-corrected chi connectivity index (χ4v) is 1.51. The first kappa shape index (κ1) is 15.4. The first-order chi connectivity index (χ1) is 9.24. The standard InChI is InChI=1S/C13H20N2O4/c1-18-10-11-19-9-3-2-8-14-12-4-6-13(7-5-12)15(16)17/h4-7,14H,2-3,8-11H2,1H3. The van der Waals surface area contributed by atoms with Crippen LogP contribution in [-0.2, 0) is 9.47 Å². The van der Waals surface area contributed by atoms with Gasteiger partial charge in [0.2, 0.25) is 0 Å². The van der Waals surface area contributed by atoms with E-state index < -0.39 is 4.92 Å². The van der Waals surface area contributed by atoms with E-state index in [0.29, 0.717) is 13.2 Å². The van der Waals surface area contributed by atoms with Gasteiger partial charge in [-0.3, -0.25) is 10.1 Å². The van der Waals surface area contributed by atoms with E-state index in [9.17, 15) is 10.1 Å². The van der Waals surface area contributed by atoms with Crippen molar-refractivity contribution < 1.29 is 14.4 Å². The number of nitro benzene ring substituents is 1. The van der Waals surface area contributed by atoms with Gasteiger partial charge >= 0.3 is 0 Å². The molecule has 0 aliphatic rings. The number of rotatable bonds is 10. The summed E-state index contributed by atoms with van der Waals surface area (Å²) in [7, 11) is 1.65. The maximum absolute atomic E-state index is 10.5. The molecule has 19 heavy (non-hydrogen) atoms. The van der Waals surface area contributed by atoms with Gasteiger partial charge in [0.25, 0.3) is 5.69 Å². The van der Waals surface area contributed by atoms with E-state index in [0.717, 1.165) is 31.7 Å². The molecule has 1 aromatic carbocycles. The van der Waals surface area contributed by atoms with E-state index >= 15 is 0 Å². The largest absolute Gasteiger partial charge is 0.385 e. The fraction of sp³-hybridized carbons (Fsp3) is 0.538. The minimum absolute atomic E-state index is 0.108. The monoisotopic (exact) mass is 268 g/mol. The lowest BCUT2D eigenvalue weighted by molar-refractivity contribution is -0.384. The Morgan fingerprint density at radius 1 is 1.16 bits per heavy atom. The molecule has 0 fully saturated rings. The second kappa shape index (κ2) is 9.29. The molecule has 0 radical (unpaired) electrons. The zero-order chi connectivity index (χ0) is 13.9. The summed E-state index contributed by atoms with van der Waals surface area (Å²) >= 11 is 0. The normalized spacial score (nSPS) is 10.4. The summed E-state index contributed by atoms with van der Waals surface area (Å²) < 4.78 is 10.2. The molecule has 6 nitrogen and oxygen atoms in total. The second-order valence-corrected chi connectivity index (χ2v) is 4.04. The van der Waals surface area contributed by atoms with Crippen molar-refractivity contribution in [1.82, 2.24) is 0 Å². The lowest BCUT2D eigenvalue weighted by Crippen LogP contribution is -2.06. The van der Waals surface area contributed by atoms with Crippen molar-refractivity contribution in [2.75, 3.05) is 38.8 Å². The first-order valence-corrected chi connectivity index (χ1v) is 6.29. The molecule has 0 aliphatic heterocycles. The molecule has 6 heteroatoms. The van der Waals surface area contributed by atoms with Crippen LogP contribution in [-0.4, -0.2) is 38.4 Å². The Bertz CT molecular complexity index is 367. The van der Waals surface area contributed by atoms with Crippen molar-refractivity contribution in [2.45, 2.75) is 12.8 Å². The summed E-state index contributed by atoms with van der Waals surface area (Å²) in [6.45, 7) is 2.81. The molecule has 0 bridgehead atoms. The maximum Gasteiger partial charge on any atom is 0.269 e. The number of nitrogens with one attached hydrogen (secondary N) is 1. The van der Waals surface area contributed by atoms with Gasteiger partial charge in [0, 0.05) is 38.1 Å². The number of benzene rings is 1. The first-order valence-electron chi connectivity index (χ1n) is 6.29. The Labute approximate surface area is 112 Å². The number of ether oxygens (including phenoxy) is 2. The van der Waals surface area contributed by atoms with Gasteiger partial charge in [-0.25, -0.2) is 0 Å². The molecule has 1 aromatic rings. The average Bonchev–Trinajstić information content (AvgIpc) is 2.42. The van der Waals surface area contributed by atoms with Crippen molar-refractivity contribution in [1.29, 1.82) is 0 Å². The van der Waals surface area contributed by atoms with Crippen LogP contribution in [0.2, 0.25) is 0 Å². The van der Waals surface area contributed by atoms with E-state index in [1.165, 1.54) is 12.1 Å². The van der Waals surface area contributed by atoms with Crippen LogP contribution in [0.15, 0.2) is 24.3 Å². The number of hydrogen-bond acceptors (Lipinski definition) is 5. The molecule has 1 rings (SSSR count). The van der Waals surface area contributed by atoms with Crippen LogP contribution in [0.25, 0.3) is 0 Å². The third-order valence-corrected chi connectivity index (χ3v) is 2.55. The van der Waals surface area contributed by atoms with E-state index in [-0.39, 0.29) is 5.69 Å². The summed E-state index contributed by atoms with van der Waals surface area (Å²) in [6.07, 6.45) is 1.97. The maximum atomic E-state index is 10.5. The molecule has 106 valence electrons. The molecule has 0 spiro atoms. The molecule has 0 amide bonds. The quantitative estimate of drug-likeness (QED) is 0.401. The SMILES string of the molecule is COCCOCCCCNc1ccc([N+](=O)[O-])cc1. The summed E-state index contributed by atoms with van der Waals surface area (Å²) in [6, 6.07) is 6.42. The Balaban J connectivity index is 2.07. The van der Waals surface area contributed by atoms with E-state index in [1.807, 2.05) is 0 Å². The molecule has 0 aliphatic carbocycles. The van der Waals surface area contributed by atoms with Crippen molar-refractivity contribution in [2.24, 2.45) is 0 Å². The number of unbranched alkanes of at least 4 members (excludes halogenated alkanes) is 1. The Morgan fingerprint density at radius 3 is 2.53 bits per heavy atom. The molecule has 0 aromatic heterocycles. The van der Waals surface area contributed by atoms with Crippen LogP contribution in [0.4, 0.5) is 11.4 Å². The number of anilines is 1. The summed E-state index contributed by atoms with van der Waals surface area (Å²) in [4.78, 5) is 10.1. The highest BCUT2D eigenvalue weighted by atomic mass is 16.6. The summed E-state index contributed by atoms with van der Waals surface area (Å²) in [5.41, 5.74) is 1.00. The number of hydrogen-bond donors (Lipinski definition) is 1.